The van der Waals surface area contributed by atoms with Crippen molar-refractivity contribution in [2.45, 2.75) is 45.2 Å². The first-order valence-corrected chi connectivity index (χ1v) is 8.07. The molecular formula is C17H24N2O4. The Kier molecular flexibility index (Phi) is 6.26. The molecule has 2 rings (SSSR count). The molecule has 23 heavy (non-hydrogen) atoms. The van der Waals surface area contributed by atoms with Crippen molar-refractivity contribution in [2.75, 3.05) is 6.61 Å². The first kappa shape index (κ1) is 17.1. The van der Waals surface area contributed by atoms with E-state index in [1.54, 1.807) is 0 Å². The van der Waals surface area contributed by atoms with Gasteiger partial charge in [-0.2, -0.15) is 0 Å². The Balaban J connectivity index is 1.70. The van der Waals surface area contributed by atoms with Gasteiger partial charge in [0.05, 0.1) is 12.5 Å². The zero-order valence-corrected chi connectivity index (χ0v) is 13.4. The van der Waals surface area contributed by atoms with Crippen LogP contribution in [-0.4, -0.2) is 29.8 Å². The third-order valence-electron chi connectivity index (χ3n) is 4.10. The lowest BCUT2D eigenvalue weighted by Crippen LogP contribution is -2.43. The Bertz CT molecular complexity index is 522. The van der Waals surface area contributed by atoms with Gasteiger partial charge in [0.2, 0.25) is 0 Å². The highest BCUT2D eigenvalue weighted by Gasteiger charge is 2.26. The number of aliphatic carboxylic acids is 1. The Morgan fingerprint density at radius 2 is 1.83 bits per heavy atom. The summed E-state index contributed by atoms with van der Waals surface area (Å²) in [5.74, 6) is -0.181. The molecule has 3 N–H and O–H groups in total. The maximum atomic E-state index is 11.9. The van der Waals surface area contributed by atoms with Crippen molar-refractivity contribution in [3.05, 3.63) is 29.8 Å². The number of ether oxygens (including phenoxy) is 1. The van der Waals surface area contributed by atoms with E-state index in [1.807, 2.05) is 31.2 Å². The van der Waals surface area contributed by atoms with Crippen LogP contribution in [0.1, 0.15) is 38.2 Å². The van der Waals surface area contributed by atoms with Crippen molar-refractivity contribution in [3.63, 3.8) is 0 Å². The Morgan fingerprint density at radius 1 is 1.17 bits per heavy atom. The molecule has 1 aromatic carbocycles. The molecule has 0 heterocycles. The van der Waals surface area contributed by atoms with Gasteiger partial charge >= 0.3 is 12.0 Å². The molecule has 1 aliphatic rings. The van der Waals surface area contributed by atoms with E-state index in [2.05, 4.69) is 10.6 Å². The number of rotatable bonds is 6. The number of hydrogen-bond donors (Lipinski definition) is 3. The van der Waals surface area contributed by atoms with Gasteiger partial charge < -0.3 is 20.5 Å². The quantitative estimate of drug-likeness (QED) is 0.751. The maximum Gasteiger partial charge on any atom is 0.315 e. The highest BCUT2D eigenvalue weighted by Crippen LogP contribution is 2.24. The van der Waals surface area contributed by atoms with Crippen molar-refractivity contribution in [2.24, 2.45) is 5.92 Å². The standard InChI is InChI=1S/C17H24N2O4/c1-2-23-15-9-3-12(4-10-15)11-18-17(22)19-14-7-5-13(6-8-14)16(20)21/h3-4,9-10,13-14H,2,5-8,11H2,1H3,(H,20,21)(H2,18,19,22). The van der Waals surface area contributed by atoms with E-state index in [-0.39, 0.29) is 18.0 Å². The fourth-order valence-corrected chi connectivity index (χ4v) is 2.77. The van der Waals surface area contributed by atoms with Crippen LogP contribution in [0.3, 0.4) is 0 Å². The molecule has 1 aromatic rings. The van der Waals surface area contributed by atoms with E-state index < -0.39 is 5.97 Å². The summed E-state index contributed by atoms with van der Waals surface area (Å²) in [6.07, 6.45) is 2.68. The molecule has 2 amide bonds. The molecule has 1 aliphatic carbocycles. The van der Waals surface area contributed by atoms with Gasteiger partial charge in [-0.25, -0.2) is 4.79 Å². The molecule has 0 saturated heterocycles. The Morgan fingerprint density at radius 3 is 2.39 bits per heavy atom. The second-order valence-corrected chi connectivity index (χ2v) is 5.79. The molecule has 126 valence electrons. The van der Waals surface area contributed by atoms with Crippen LogP contribution in [0.4, 0.5) is 4.79 Å². The van der Waals surface area contributed by atoms with Crippen molar-refractivity contribution < 1.29 is 19.4 Å². The van der Waals surface area contributed by atoms with Crippen LogP contribution in [-0.2, 0) is 11.3 Å². The van der Waals surface area contributed by atoms with Crippen LogP contribution < -0.4 is 15.4 Å². The van der Waals surface area contributed by atoms with E-state index in [9.17, 15) is 9.59 Å². The summed E-state index contributed by atoms with van der Waals surface area (Å²) < 4.78 is 5.37. The van der Waals surface area contributed by atoms with Gasteiger partial charge in [-0.1, -0.05) is 12.1 Å². The van der Waals surface area contributed by atoms with E-state index in [0.717, 1.165) is 11.3 Å². The number of urea groups is 1. The summed E-state index contributed by atoms with van der Waals surface area (Å²) in [5.41, 5.74) is 0.998. The average Bonchev–Trinajstić information content (AvgIpc) is 2.55. The fraction of sp³-hybridized carbons (Fsp3) is 0.529. The zero-order valence-electron chi connectivity index (χ0n) is 13.4. The SMILES string of the molecule is CCOc1ccc(CNC(=O)NC2CCC(C(=O)O)CC2)cc1. The molecule has 0 atom stereocenters. The van der Waals surface area contributed by atoms with Crippen LogP contribution in [0.5, 0.6) is 5.75 Å². The number of carboxylic acids is 1. The van der Waals surface area contributed by atoms with Crippen molar-refractivity contribution in [3.8, 4) is 5.75 Å². The zero-order chi connectivity index (χ0) is 16.7. The topological polar surface area (TPSA) is 87.7 Å². The third-order valence-corrected chi connectivity index (χ3v) is 4.10. The second kappa shape index (κ2) is 8.41. The first-order chi connectivity index (χ1) is 11.1. The molecule has 0 aliphatic heterocycles. The van der Waals surface area contributed by atoms with Crippen LogP contribution in [0.2, 0.25) is 0 Å². The Labute approximate surface area is 136 Å². The molecule has 0 spiro atoms. The van der Waals surface area contributed by atoms with E-state index in [1.165, 1.54) is 0 Å². The lowest BCUT2D eigenvalue weighted by Gasteiger charge is -2.26. The predicted molar refractivity (Wildman–Crippen MR) is 86.4 cm³/mol. The van der Waals surface area contributed by atoms with E-state index in [4.69, 9.17) is 9.84 Å². The van der Waals surface area contributed by atoms with Gasteiger partial charge in [0.15, 0.2) is 0 Å². The maximum absolute atomic E-state index is 11.9. The molecule has 6 nitrogen and oxygen atoms in total. The highest BCUT2D eigenvalue weighted by molar-refractivity contribution is 5.74. The number of carboxylic acid groups (broad SMARTS) is 1. The van der Waals surface area contributed by atoms with Crippen LogP contribution in [0.15, 0.2) is 24.3 Å². The monoisotopic (exact) mass is 320 g/mol. The van der Waals surface area contributed by atoms with Crippen LogP contribution >= 0.6 is 0 Å². The van der Waals surface area contributed by atoms with E-state index in [0.29, 0.717) is 38.8 Å². The van der Waals surface area contributed by atoms with Crippen LogP contribution in [0.25, 0.3) is 0 Å². The van der Waals surface area contributed by atoms with Gasteiger partial charge in [0.1, 0.15) is 5.75 Å². The summed E-state index contributed by atoms with van der Waals surface area (Å²) in [7, 11) is 0. The molecule has 0 bridgehead atoms. The molecule has 1 saturated carbocycles. The summed E-state index contributed by atoms with van der Waals surface area (Å²) in [6.45, 7) is 3.01. The van der Waals surface area contributed by atoms with Gasteiger partial charge in [0, 0.05) is 12.6 Å². The van der Waals surface area contributed by atoms with Gasteiger partial charge in [-0.15, -0.1) is 0 Å². The number of amides is 2. The smallest absolute Gasteiger partial charge is 0.315 e. The molecule has 0 radical (unpaired) electrons. The molecular weight excluding hydrogens is 296 g/mol. The fourth-order valence-electron chi connectivity index (χ4n) is 2.77. The molecule has 6 heteroatoms. The van der Waals surface area contributed by atoms with Gasteiger partial charge in [-0.05, 0) is 50.3 Å². The number of carbonyl (C=O) groups excluding carboxylic acids is 1. The summed E-state index contributed by atoms with van der Waals surface area (Å²) in [6, 6.07) is 7.45. The molecule has 1 fully saturated rings. The third kappa shape index (κ3) is 5.47. The number of hydrogen-bond acceptors (Lipinski definition) is 3. The normalized spacial score (nSPS) is 20.6. The minimum atomic E-state index is -0.733. The second-order valence-electron chi connectivity index (χ2n) is 5.79. The van der Waals surface area contributed by atoms with Crippen molar-refractivity contribution in [1.29, 1.82) is 0 Å². The lowest BCUT2D eigenvalue weighted by atomic mass is 9.86. The number of nitrogens with one attached hydrogen (secondary N) is 2. The summed E-state index contributed by atoms with van der Waals surface area (Å²) in [5, 5.41) is 14.7. The largest absolute Gasteiger partial charge is 0.494 e. The number of benzene rings is 1. The summed E-state index contributed by atoms with van der Waals surface area (Å²) in [4.78, 5) is 22.8. The average molecular weight is 320 g/mol. The Hall–Kier alpha value is -2.24. The predicted octanol–water partition coefficient (Wildman–Crippen LogP) is 2.53. The molecule has 0 aromatic heterocycles. The molecule has 0 unspecified atom stereocenters. The van der Waals surface area contributed by atoms with E-state index >= 15 is 0 Å². The first-order valence-electron chi connectivity index (χ1n) is 8.07. The van der Waals surface area contributed by atoms with Crippen molar-refractivity contribution in [1.82, 2.24) is 10.6 Å². The van der Waals surface area contributed by atoms with Gasteiger partial charge in [0.25, 0.3) is 0 Å². The minimum Gasteiger partial charge on any atom is -0.494 e. The van der Waals surface area contributed by atoms with Gasteiger partial charge in [-0.3, -0.25) is 4.79 Å². The minimum absolute atomic E-state index is 0.0610. The van der Waals surface area contributed by atoms with Crippen LogP contribution in [0, 0.1) is 5.92 Å². The summed E-state index contributed by atoms with van der Waals surface area (Å²) >= 11 is 0. The highest BCUT2D eigenvalue weighted by atomic mass is 16.5. The van der Waals surface area contributed by atoms with Crippen molar-refractivity contribution >= 4 is 12.0 Å². The lowest BCUT2D eigenvalue weighted by molar-refractivity contribution is -0.142. The number of carbonyl (C=O) groups is 2.